The number of benzene rings is 1. The molecule has 0 spiro atoms. The molecule has 0 fully saturated rings. The lowest BCUT2D eigenvalue weighted by Gasteiger charge is -2.16. The van der Waals surface area contributed by atoms with Crippen molar-refractivity contribution in [1.82, 2.24) is 0 Å². The number of carbonyl (C=O) groups excluding carboxylic acids is 2. The van der Waals surface area contributed by atoms with E-state index in [0.717, 1.165) is 17.7 Å². The molecule has 0 aliphatic carbocycles. The van der Waals surface area contributed by atoms with Crippen LogP contribution in [-0.2, 0) is 11.2 Å². The Hall–Kier alpha value is -2.14. The minimum absolute atomic E-state index is 0.0100. The molecule has 0 unspecified atom stereocenters. The van der Waals surface area contributed by atoms with E-state index in [1.54, 1.807) is 11.0 Å². The van der Waals surface area contributed by atoms with Crippen LogP contribution in [0, 0.1) is 0 Å². The Labute approximate surface area is 120 Å². The highest BCUT2D eigenvalue weighted by atomic mass is 32.1. The van der Waals surface area contributed by atoms with Crippen LogP contribution in [0.5, 0.6) is 0 Å². The topological polar surface area (TPSA) is 46.6 Å². The van der Waals surface area contributed by atoms with E-state index in [1.807, 2.05) is 29.0 Å². The van der Waals surface area contributed by atoms with E-state index in [2.05, 4.69) is 0 Å². The predicted molar refractivity (Wildman–Crippen MR) is 77.5 cm³/mol. The summed E-state index contributed by atoms with van der Waals surface area (Å²) in [6, 6.07) is 7.15. The first-order valence-electron chi connectivity index (χ1n) is 6.26. The van der Waals surface area contributed by atoms with Crippen LogP contribution in [0.2, 0.25) is 0 Å². The second-order valence-electron chi connectivity index (χ2n) is 4.55. The lowest BCUT2D eigenvalue weighted by atomic mass is 10.1. The fraction of sp³-hybridized carbons (Fsp3) is 0.200. The number of methoxy groups -OCH3 is 1. The maximum Gasteiger partial charge on any atom is 0.337 e. The molecule has 5 heteroatoms. The molecule has 0 N–H and O–H groups in total. The largest absolute Gasteiger partial charge is 0.465 e. The first kappa shape index (κ1) is 12.9. The molecule has 0 saturated carbocycles. The van der Waals surface area contributed by atoms with Gasteiger partial charge in [0, 0.05) is 17.6 Å². The van der Waals surface area contributed by atoms with Crippen molar-refractivity contribution in [3.63, 3.8) is 0 Å². The van der Waals surface area contributed by atoms with Gasteiger partial charge in [0.2, 0.25) is 0 Å². The molecule has 2 aromatic rings. The number of rotatable bonds is 2. The van der Waals surface area contributed by atoms with Crippen molar-refractivity contribution in [3.8, 4) is 0 Å². The SMILES string of the molecule is COC(=O)c1ccc2c(c1)CCN2C(=O)c1ccsc1. The van der Waals surface area contributed by atoms with Crippen molar-refractivity contribution in [3.05, 3.63) is 51.7 Å². The second kappa shape index (κ2) is 5.09. The van der Waals surface area contributed by atoms with E-state index in [0.29, 0.717) is 17.7 Å². The highest BCUT2D eigenvalue weighted by molar-refractivity contribution is 7.08. The first-order chi connectivity index (χ1) is 9.70. The zero-order valence-corrected chi connectivity index (χ0v) is 11.8. The molecule has 1 aromatic heterocycles. The molecule has 20 heavy (non-hydrogen) atoms. The van der Waals surface area contributed by atoms with Crippen LogP contribution in [0.25, 0.3) is 0 Å². The highest BCUT2D eigenvalue weighted by Gasteiger charge is 2.26. The average molecular weight is 287 g/mol. The Kier molecular flexibility index (Phi) is 3.28. The minimum Gasteiger partial charge on any atom is -0.465 e. The van der Waals surface area contributed by atoms with E-state index < -0.39 is 0 Å². The van der Waals surface area contributed by atoms with Gasteiger partial charge in [-0.2, -0.15) is 11.3 Å². The van der Waals surface area contributed by atoms with Crippen LogP contribution in [0.15, 0.2) is 35.0 Å². The van der Waals surface area contributed by atoms with Gasteiger partial charge in [0.25, 0.3) is 5.91 Å². The van der Waals surface area contributed by atoms with E-state index in [4.69, 9.17) is 4.74 Å². The number of ether oxygens (including phenoxy) is 1. The Morgan fingerprint density at radius 2 is 2.10 bits per heavy atom. The molecule has 0 radical (unpaired) electrons. The molecule has 3 rings (SSSR count). The number of esters is 1. The smallest absolute Gasteiger partial charge is 0.337 e. The number of anilines is 1. The lowest BCUT2D eigenvalue weighted by molar-refractivity contribution is 0.0600. The molecular formula is C15H13NO3S. The molecule has 1 aliphatic rings. The maximum atomic E-state index is 12.4. The summed E-state index contributed by atoms with van der Waals surface area (Å²) in [6.45, 7) is 0.647. The Morgan fingerprint density at radius 3 is 2.80 bits per heavy atom. The third-order valence-corrected chi connectivity index (χ3v) is 4.09. The zero-order chi connectivity index (χ0) is 14.1. The Balaban J connectivity index is 1.91. The fourth-order valence-corrected chi connectivity index (χ4v) is 3.03. The first-order valence-corrected chi connectivity index (χ1v) is 7.20. The molecule has 0 bridgehead atoms. The molecular weight excluding hydrogens is 274 g/mol. The Morgan fingerprint density at radius 1 is 1.25 bits per heavy atom. The van der Waals surface area contributed by atoms with Gasteiger partial charge in [-0.05, 0) is 41.6 Å². The standard InChI is InChI=1S/C15H13NO3S/c1-19-15(18)11-2-3-13-10(8-11)4-6-16(13)14(17)12-5-7-20-9-12/h2-3,5,7-9H,4,6H2,1H3. The van der Waals surface area contributed by atoms with Crippen LogP contribution < -0.4 is 4.90 Å². The molecule has 2 heterocycles. The third-order valence-electron chi connectivity index (χ3n) is 3.41. The van der Waals surface area contributed by atoms with Gasteiger partial charge >= 0.3 is 5.97 Å². The number of hydrogen-bond donors (Lipinski definition) is 0. The molecule has 4 nitrogen and oxygen atoms in total. The summed E-state index contributed by atoms with van der Waals surface area (Å²) in [4.78, 5) is 25.7. The van der Waals surface area contributed by atoms with Crippen LogP contribution >= 0.6 is 11.3 Å². The fourth-order valence-electron chi connectivity index (χ4n) is 2.40. The van der Waals surface area contributed by atoms with E-state index in [9.17, 15) is 9.59 Å². The van der Waals surface area contributed by atoms with Gasteiger partial charge in [0.15, 0.2) is 0 Å². The monoisotopic (exact) mass is 287 g/mol. The van der Waals surface area contributed by atoms with Gasteiger partial charge < -0.3 is 9.64 Å². The minimum atomic E-state index is -0.351. The van der Waals surface area contributed by atoms with Crippen LogP contribution in [0.3, 0.4) is 0 Å². The second-order valence-corrected chi connectivity index (χ2v) is 5.33. The van der Waals surface area contributed by atoms with Crippen molar-refractivity contribution >= 4 is 28.9 Å². The molecule has 1 aliphatic heterocycles. The highest BCUT2D eigenvalue weighted by Crippen LogP contribution is 2.30. The maximum absolute atomic E-state index is 12.4. The summed E-state index contributed by atoms with van der Waals surface area (Å²) >= 11 is 1.51. The number of nitrogens with zero attached hydrogens (tertiary/aromatic N) is 1. The van der Waals surface area contributed by atoms with E-state index in [1.165, 1.54) is 18.4 Å². The van der Waals surface area contributed by atoms with Crippen molar-refractivity contribution in [2.24, 2.45) is 0 Å². The summed E-state index contributed by atoms with van der Waals surface area (Å²) in [7, 11) is 1.36. The molecule has 102 valence electrons. The van der Waals surface area contributed by atoms with Crippen LogP contribution in [0.1, 0.15) is 26.3 Å². The van der Waals surface area contributed by atoms with Gasteiger partial charge in [-0.3, -0.25) is 4.79 Å². The lowest BCUT2D eigenvalue weighted by Crippen LogP contribution is -2.28. The van der Waals surface area contributed by atoms with Crippen molar-refractivity contribution in [2.45, 2.75) is 6.42 Å². The number of thiophene rings is 1. The van der Waals surface area contributed by atoms with Gasteiger partial charge in [0.05, 0.1) is 18.2 Å². The quantitative estimate of drug-likeness (QED) is 0.798. The van der Waals surface area contributed by atoms with Gasteiger partial charge in [0.1, 0.15) is 0 Å². The molecule has 0 atom stereocenters. The third kappa shape index (κ3) is 2.10. The summed E-state index contributed by atoms with van der Waals surface area (Å²) in [5, 5.41) is 3.74. The van der Waals surface area contributed by atoms with E-state index >= 15 is 0 Å². The van der Waals surface area contributed by atoms with Gasteiger partial charge in [-0.25, -0.2) is 4.79 Å². The van der Waals surface area contributed by atoms with Gasteiger partial charge in [-0.15, -0.1) is 0 Å². The van der Waals surface area contributed by atoms with Crippen LogP contribution in [-0.4, -0.2) is 25.5 Å². The Bertz CT molecular complexity index is 664. The van der Waals surface area contributed by atoms with Crippen LogP contribution in [0.4, 0.5) is 5.69 Å². The molecule has 0 saturated heterocycles. The van der Waals surface area contributed by atoms with Crippen molar-refractivity contribution in [2.75, 3.05) is 18.6 Å². The predicted octanol–water partition coefficient (Wildman–Crippen LogP) is 2.74. The van der Waals surface area contributed by atoms with Crippen molar-refractivity contribution < 1.29 is 14.3 Å². The number of carbonyl (C=O) groups is 2. The zero-order valence-electron chi connectivity index (χ0n) is 11.0. The average Bonchev–Trinajstić information content (AvgIpc) is 3.14. The number of hydrogen-bond acceptors (Lipinski definition) is 4. The van der Waals surface area contributed by atoms with Crippen molar-refractivity contribution in [1.29, 1.82) is 0 Å². The molecule has 1 aromatic carbocycles. The van der Waals surface area contributed by atoms with E-state index in [-0.39, 0.29) is 11.9 Å². The molecule has 1 amide bonds. The number of amides is 1. The summed E-state index contributed by atoms with van der Waals surface area (Å²) in [6.07, 6.45) is 0.760. The summed E-state index contributed by atoms with van der Waals surface area (Å²) in [5.41, 5.74) is 3.13. The number of fused-ring (bicyclic) bond motifs is 1. The summed E-state index contributed by atoms with van der Waals surface area (Å²) < 4.78 is 4.71. The summed E-state index contributed by atoms with van der Waals surface area (Å²) in [5.74, 6) is -0.341. The normalized spacial score (nSPS) is 13.2. The van der Waals surface area contributed by atoms with Gasteiger partial charge in [-0.1, -0.05) is 0 Å².